The third-order valence-electron chi connectivity index (χ3n) is 8.93. The molecule has 7 nitrogen and oxygen atoms in total. The lowest BCUT2D eigenvalue weighted by atomic mass is 10.1. The second-order valence-corrected chi connectivity index (χ2v) is 14.0. The summed E-state index contributed by atoms with van der Waals surface area (Å²) in [4.78, 5) is 21.7. The minimum absolute atomic E-state index is 0. The number of nitrogens with zero attached hydrogens (tertiary/aromatic N) is 3. The molecule has 1 aliphatic rings. The third-order valence-corrected chi connectivity index (χ3v) is 9.58. The van der Waals surface area contributed by atoms with E-state index < -0.39 is 0 Å². The molecule has 276 valence electrons. The lowest BCUT2D eigenvalue weighted by Gasteiger charge is -2.34. The van der Waals surface area contributed by atoms with Crippen molar-refractivity contribution in [3.63, 3.8) is 0 Å². The van der Waals surface area contributed by atoms with Crippen LogP contribution in [0.4, 0.5) is 0 Å². The molecule has 1 amide bonds. The van der Waals surface area contributed by atoms with Gasteiger partial charge in [0.15, 0.2) is 5.75 Å². The van der Waals surface area contributed by atoms with Gasteiger partial charge in [0.25, 0.3) is 0 Å². The normalized spacial score (nSPS) is 13.7. The number of ether oxygens (including phenoxy) is 3. The smallest absolute Gasteiger partial charge is 0.246 e. The molecule has 0 radical (unpaired) electrons. The van der Waals surface area contributed by atoms with Crippen LogP contribution >= 0.6 is 40.2 Å². The summed E-state index contributed by atoms with van der Waals surface area (Å²) in [6.07, 6.45) is 5.95. The van der Waals surface area contributed by atoms with Crippen molar-refractivity contribution in [1.82, 2.24) is 14.8 Å². The van der Waals surface area contributed by atoms with Crippen molar-refractivity contribution in [3.05, 3.63) is 153 Å². The quantitative estimate of drug-likeness (QED) is 0.110. The Hall–Kier alpha value is -4.34. The zero-order valence-electron chi connectivity index (χ0n) is 30.1. The fourth-order valence-corrected chi connectivity index (χ4v) is 6.54. The average Bonchev–Trinajstić information content (AvgIpc) is 3.14. The minimum Gasteiger partial charge on any atom is -0.490 e. The number of halogens is 3. The molecule has 1 atom stereocenters. The van der Waals surface area contributed by atoms with Crippen LogP contribution in [0, 0.1) is 13.8 Å². The Balaban J connectivity index is 0.00000541. The van der Waals surface area contributed by atoms with Gasteiger partial charge in [-0.15, -0.1) is 17.0 Å². The minimum atomic E-state index is -0.0128. The predicted molar refractivity (Wildman–Crippen MR) is 219 cm³/mol. The number of benzene rings is 4. The van der Waals surface area contributed by atoms with Gasteiger partial charge in [-0.1, -0.05) is 83.4 Å². The highest BCUT2D eigenvalue weighted by atomic mass is 79.9. The monoisotopic (exact) mass is 815 g/mol. The number of hydrogen-bond acceptors (Lipinski definition) is 6. The summed E-state index contributed by atoms with van der Waals surface area (Å²) < 4.78 is 17.9. The van der Waals surface area contributed by atoms with Gasteiger partial charge < -0.3 is 19.1 Å². The summed E-state index contributed by atoms with van der Waals surface area (Å²) in [5.74, 6) is 2.38. The van der Waals surface area contributed by atoms with Crippen molar-refractivity contribution >= 4 is 52.2 Å². The molecule has 0 aliphatic carbocycles. The molecular weight excluding hydrogens is 773 g/mol. The Morgan fingerprint density at radius 1 is 0.849 bits per heavy atom. The lowest BCUT2D eigenvalue weighted by molar-refractivity contribution is -0.127. The van der Waals surface area contributed by atoms with Crippen molar-refractivity contribution in [1.29, 1.82) is 0 Å². The van der Waals surface area contributed by atoms with Gasteiger partial charge in [-0.05, 0) is 85.5 Å². The molecule has 1 saturated heterocycles. The first-order valence-electron chi connectivity index (χ1n) is 17.5. The number of aryl methyl sites for hydroxylation is 2. The van der Waals surface area contributed by atoms with E-state index in [2.05, 4.69) is 60.1 Å². The van der Waals surface area contributed by atoms with Gasteiger partial charge in [-0.3, -0.25) is 9.69 Å². The summed E-state index contributed by atoms with van der Waals surface area (Å²) in [5, 5.41) is 1.08. The molecule has 6 rings (SSSR count). The van der Waals surface area contributed by atoms with Crippen LogP contribution in [0.2, 0.25) is 10.0 Å². The average molecular weight is 818 g/mol. The number of piperazine rings is 1. The first kappa shape index (κ1) is 39.9. The van der Waals surface area contributed by atoms with Crippen molar-refractivity contribution in [2.75, 3.05) is 26.2 Å². The fraction of sp³-hybridized carbons (Fsp3) is 0.256. The molecule has 4 aromatic carbocycles. The van der Waals surface area contributed by atoms with E-state index in [1.807, 2.05) is 54.3 Å². The van der Waals surface area contributed by atoms with E-state index in [0.29, 0.717) is 47.1 Å². The highest BCUT2D eigenvalue weighted by Crippen LogP contribution is 2.34. The van der Waals surface area contributed by atoms with Gasteiger partial charge in [0, 0.05) is 61.9 Å². The van der Waals surface area contributed by atoms with Crippen LogP contribution in [-0.4, -0.2) is 53.0 Å². The molecule has 1 unspecified atom stereocenters. The van der Waals surface area contributed by atoms with Crippen LogP contribution in [0.5, 0.6) is 23.1 Å². The topological polar surface area (TPSA) is 64.1 Å². The maximum absolute atomic E-state index is 13.1. The number of carbonyl (C=O) groups excluding carboxylic acids is 1. The number of aromatic nitrogens is 1. The zero-order chi connectivity index (χ0) is 36.5. The number of pyridine rings is 1. The molecule has 53 heavy (non-hydrogen) atoms. The van der Waals surface area contributed by atoms with Crippen molar-refractivity contribution in [2.24, 2.45) is 0 Å². The van der Waals surface area contributed by atoms with E-state index in [0.717, 1.165) is 48.5 Å². The van der Waals surface area contributed by atoms with Gasteiger partial charge >= 0.3 is 0 Å². The Labute approximate surface area is 332 Å². The molecule has 10 heteroatoms. The second-order valence-electron chi connectivity index (χ2n) is 13.2. The van der Waals surface area contributed by atoms with Crippen LogP contribution in [0.3, 0.4) is 0 Å². The molecule has 0 N–H and O–H groups in total. The first-order chi connectivity index (χ1) is 25.2. The van der Waals surface area contributed by atoms with Crippen LogP contribution < -0.4 is 14.2 Å². The Morgan fingerprint density at radius 2 is 1.55 bits per heavy atom. The van der Waals surface area contributed by atoms with Crippen molar-refractivity contribution in [3.8, 4) is 23.1 Å². The van der Waals surface area contributed by atoms with Crippen LogP contribution in [0.25, 0.3) is 6.08 Å². The van der Waals surface area contributed by atoms with Gasteiger partial charge in [0.2, 0.25) is 11.8 Å². The standard InChI is InChI=1S/C43H43Cl2N3O4.BrH/c1-30-8-15-37(16-9-30)51-32(3)25-33-10-12-34(13-11-33)28-47-20-22-48(23-21-47)42(49)19-14-35-24-31(2)43(40(45)26-35)52-41-18-17-38(27-46-41)50-29-36-6-4-5-7-39(36)44;/h4-19,24,26-27,32H,20-23,25,28-29H2,1-3H3;1H. The van der Waals surface area contributed by atoms with E-state index in [9.17, 15) is 4.79 Å². The highest BCUT2D eigenvalue weighted by Gasteiger charge is 2.20. The molecule has 1 aliphatic heterocycles. The maximum Gasteiger partial charge on any atom is 0.246 e. The number of amides is 1. The van der Waals surface area contributed by atoms with Crippen molar-refractivity contribution in [2.45, 2.75) is 46.4 Å². The summed E-state index contributed by atoms with van der Waals surface area (Å²) in [5.41, 5.74) is 6.28. The molecule has 2 heterocycles. The summed E-state index contributed by atoms with van der Waals surface area (Å²) in [7, 11) is 0. The summed E-state index contributed by atoms with van der Waals surface area (Å²) in [6.45, 7) is 10.3. The van der Waals surface area contributed by atoms with Gasteiger partial charge in [-0.2, -0.15) is 0 Å². The zero-order valence-corrected chi connectivity index (χ0v) is 33.4. The predicted octanol–water partition coefficient (Wildman–Crippen LogP) is 10.3. The maximum atomic E-state index is 13.1. The molecule has 0 saturated carbocycles. The van der Waals surface area contributed by atoms with Gasteiger partial charge in [0.1, 0.15) is 18.1 Å². The summed E-state index contributed by atoms with van der Waals surface area (Å²) >= 11 is 12.8. The molecule has 1 fully saturated rings. The fourth-order valence-electron chi connectivity index (χ4n) is 6.04. The summed E-state index contributed by atoms with van der Waals surface area (Å²) in [6, 6.07) is 31.7. The SMILES string of the molecule is Br.Cc1ccc(OC(C)Cc2ccc(CN3CCN(C(=O)C=Cc4cc(C)c(Oc5ccc(OCc6ccccc6Cl)cn5)c(Cl)c4)CC3)cc2)cc1. The molecule has 0 spiro atoms. The highest BCUT2D eigenvalue weighted by molar-refractivity contribution is 8.93. The van der Waals surface area contributed by atoms with Crippen LogP contribution in [0.15, 0.2) is 109 Å². The van der Waals surface area contributed by atoms with E-state index >= 15 is 0 Å². The Morgan fingerprint density at radius 3 is 2.23 bits per heavy atom. The molecule has 1 aromatic heterocycles. The largest absolute Gasteiger partial charge is 0.490 e. The van der Waals surface area contributed by atoms with Crippen molar-refractivity contribution < 1.29 is 19.0 Å². The third kappa shape index (κ3) is 11.6. The molecule has 0 bridgehead atoms. The Kier molecular flexibility index (Phi) is 14.4. The van der Waals surface area contributed by atoms with Gasteiger partial charge in [0.05, 0.1) is 17.3 Å². The number of carbonyl (C=O) groups is 1. The van der Waals surface area contributed by atoms with Crippen LogP contribution in [0.1, 0.15) is 40.3 Å². The Bertz CT molecular complexity index is 1960. The van der Waals surface area contributed by atoms with E-state index in [1.54, 1.807) is 36.5 Å². The first-order valence-corrected chi connectivity index (χ1v) is 18.2. The van der Waals surface area contributed by atoms with E-state index in [1.165, 1.54) is 16.7 Å². The van der Waals surface area contributed by atoms with E-state index in [4.69, 9.17) is 37.4 Å². The molecular formula is C43H44BrCl2N3O4. The van der Waals surface area contributed by atoms with E-state index in [-0.39, 0.29) is 29.0 Å². The van der Waals surface area contributed by atoms with Crippen LogP contribution in [-0.2, 0) is 24.4 Å². The lowest BCUT2D eigenvalue weighted by Crippen LogP contribution is -2.47. The molecule has 5 aromatic rings. The number of rotatable bonds is 13. The second kappa shape index (κ2) is 19.1. The van der Waals surface area contributed by atoms with Gasteiger partial charge in [-0.25, -0.2) is 4.98 Å². The number of hydrogen-bond donors (Lipinski definition) is 0.